The molecule has 1 aromatic rings. The average molecular weight is 338 g/mol. The van der Waals surface area contributed by atoms with Crippen molar-refractivity contribution in [3.8, 4) is 0 Å². The fourth-order valence-corrected chi connectivity index (χ4v) is 4.01. The fraction of sp³-hybridized carbons (Fsp3) is 0.385. The van der Waals surface area contributed by atoms with Gasteiger partial charge in [-0.3, -0.25) is 14.5 Å². The first-order chi connectivity index (χ1) is 10.9. The Labute approximate surface area is 134 Å². The number of aromatic nitrogens is 2. The van der Waals surface area contributed by atoms with E-state index in [1.54, 1.807) is 6.20 Å². The minimum absolute atomic E-state index is 0.209. The van der Waals surface area contributed by atoms with E-state index in [1.807, 2.05) is 0 Å². The molecular formula is C13H14N4O5S. The van der Waals surface area contributed by atoms with Gasteiger partial charge in [0.05, 0.1) is 5.37 Å². The highest BCUT2D eigenvalue weighted by molar-refractivity contribution is 8.00. The number of carbonyl (C=O) groups is 3. The molecule has 1 amide bonds. The highest BCUT2D eigenvalue weighted by Crippen LogP contribution is 2.49. The third kappa shape index (κ3) is 2.49. The maximum Gasteiger partial charge on any atom is 0.352 e. The number of aromatic amines is 1. The van der Waals surface area contributed by atoms with Crippen LogP contribution in [0, 0.1) is 0 Å². The van der Waals surface area contributed by atoms with E-state index in [9.17, 15) is 19.5 Å². The molecule has 9 nitrogen and oxygen atoms in total. The Hall–Kier alpha value is -2.33. The first-order valence-electron chi connectivity index (χ1n) is 6.75. The molecule has 2 unspecified atom stereocenters. The Kier molecular flexibility index (Phi) is 3.86. The number of β-lactam (4-membered cyclic amide) rings is 1. The SMILES string of the molecule is CC(=O)OCC1=C(C(=O)O)N2C(=O)C(c3ncc[nH]3)[C@H]2SC1N. The number of esters is 1. The molecule has 10 heteroatoms. The highest BCUT2D eigenvalue weighted by atomic mass is 32.2. The van der Waals surface area contributed by atoms with Crippen molar-refractivity contribution in [1.82, 2.24) is 14.9 Å². The first kappa shape index (κ1) is 15.6. The summed E-state index contributed by atoms with van der Waals surface area (Å²) in [5.41, 5.74) is 6.02. The largest absolute Gasteiger partial charge is 0.477 e. The number of amides is 1. The zero-order chi connectivity index (χ0) is 16.7. The van der Waals surface area contributed by atoms with Gasteiger partial charge in [-0.15, -0.1) is 11.8 Å². The number of aliphatic carboxylic acids is 1. The second-order valence-corrected chi connectivity index (χ2v) is 6.33. The maximum absolute atomic E-state index is 12.4. The van der Waals surface area contributed by atoms with Crippen LogP contribution in [0.25, 0.3) is 0 Å². The molecule has 3 rings (SSSR count). The zero-order valence-electron chi connectivity index (χ0n) is 12.1. The second-order valence-electron chi connectivity index (χ2n) is 5.07. The summed E-state index contributed by atoms with van der Waals surface area (Å²) in [7, 11) is 0. The third-order valence-corrected chi connectivity index (χ3v) is 5.00. The second kappa shape index (κ2) is 5.70. The monoisotopic (exact) mass is 338 g/mol. The maximum atomic E-state index is 12.4. The van der Waals surface area contributed by atoms with Gasteiger partial charge in [-0.2, -0.15) is 0 Å². The molecule has 1 fully saturated rings. The average Bonchev–Trinajstić information content (AvgIpc) is 2.98. The minimum Gasteiger partial charge on any atom is -0.477 e. The van der Waals surface area contributed by atoms with Gasteiger partial charge in [0.25, 0.3) is 0 Å². The summed E-state index contributed by atoms with van der Waals surface area (Å²) >= 11 is 1.24. The van der Waals surface area contributed by atoms with E-state index in [-0.39, 0.29) is 23.8 Å². The van der Waals surface area contributed by atoms with Crippen LogP contribution in [0.3, 0.4) is 0 Å². The van der Waals surface area contributed by atoms with Crippen LogP contribution < -0.4 is 5.73 Å². The molecule has 4 N–H and O–H groups in total. The summed E-state index contributed by atoms with van der Waals surface area (Å²) in [5.74, 6) is -2.29. The lowest BCUT2D eigenvalue weighted by atomic mass is 9.94. The quantitative estimate of drug-likeness (QED) is 0.498. The standard InChI is InChI=1S/C13H14N4O5S/c1-5(18)22-4-6-8(13(20)21)17-11(19)7(10-15-2-3-16-10)12(17)23-9(6)14/h2-3,7,9,12H,4,14H2,1H3,(H,15,16)(H,20,21)/t7?,9?,12-/m1/s1. The Balaban J connectivity index is 1.94. The van der Waals surface area contributed by atoms with E-state index >= 15 is 0 Å². The van der Waals surface area contributed by atoms with Crippen molar-refractivity contribution in [2.45, 2.75) is 23.6 Å². The van der Waals surface area contributed by atoms with Crippen molar-refractivity contribution in [1.29, 1.82) is 0 Å². The lowest BCUT2D eigenvalue weighted by Crippen LogP contribution is -2.62. The molecule has 2 aliphatic rings. The summed E-state index contributed by atoms with van der Waals surface area (Å²) < 4.78 is 4.86. The predicted molar refractivity (Wildman–Crippen MR) is 78.8 cm³/mol. The number of nitrogens with zero attached hydrogens (tertiary/aromatic N) is 2. The fourth-order valence-electron chi connectivity index (χ4n) is 2.63. The van der Waals surface area contributed by atoms with E-state index in [0.29, 0.717) is 5.82 Å². The molecule has 0 saturated carbocycles. The summed E-state index contributed by atoms with van der Waals surface area (Å²) in [6.45, 7) is 0.958. The molecule has 122 valence electrons. The van der Waals surface area contributed by atoms with Crippen molar-refractivity contribution >= 4 is 29.6 Å². The number of rotatable bonds is 4. The van der Waals surface area contributed by atoms with Gasteiger partial charge in [-0.05, 0) is 0 Å². The van der Waals surface area contributed by atoms with Gasteiger partial charge < -0.3 is 20.6 Å². The lowest BCUT2D eigenvalue weighted by molar-refractivity contribution is -0.149. The van der Waals surface area contributed by atoms with Crippen molar-refractivity contribution in [3.63, 3.8) is 0 Å². The van der Waals surface area contributed by atoms with Gasteiger partial charge >= 0.3 is 11.9 Å². The Morgan fingerprint density at radius 1 is 1.57 bits per heavy atom. The van der Waals surface area contributed by atoms with E-state index in [0.717, 1.165) is 0 Å². The van der Waals surface area contributed by atoms with Crippen LogP contribution in [0.5, 0.6) is 0 Å². The van der Waals surface area contributed by atoms with Gasteiger partial charge in [0.2, 0.25) is 5.91 Å². The molecule has 0 spiro atoms. The number of ether oxygens (including phenoxy) is 1. The zero-order valence-corrected chi connectivity index (χ0v) is 12.9. The van der Waals surface area contributed by atoms with E-state index in [2.05, 4.69) is 9.97 Å². The van der Waals surface area contributed by atoms with Crippen molar-refractivity contribution in [2.24, 2.45) is 5.73 Å². The summed E-state index contributed by atoms with van der Waals surface area (Å²) in [4.78, 5) is 43.1. The Bertz CT molecular complexity index is 701. The lowest BCUT2D eigenvalue weighted by Gasteiger charge is -2.50. The van der Waals surface area contributed by atoms with Gasteiger partial charge in [-0.1, -0.05) is 0 Å². The number of nitrogens with two attached hydrogens (primary N) is 1. The normalized spacial score (nSPS) is 26.6. The molecule has 1 saturated heterocycles. The first-order valence-corrected chi connectivity index (χ1v) is 7.69. The molecule has 0 aromatic carbocycles. The third-order valence-electron chi connectivity index (χ3n) is 3.67. The molecule has 23 heavy (non-hydrogen) atoms. The predicted octanol–water partition coefficient (Wildman–Crippen LogP) is -0.405. The number of carboxylic acids is 1. The molecule has 0 radical (unpaired) electrons. The smallest absolute Gasteiger partial charge is 0.352 e. The van der Waals surface area contributed by atoms with E-state index < -0.39 is 28.6 Å². The number of carboxylic acid groups (broad SMARTS) is 1. The van der Waals surface area contributed by atoms with Crippen molar-refractivity contribution in [3.05, 3.63) is 29.5 Å². The minimum atomic E-state index is -1.28. The van der Waals surface area contributed by atoms with E-state index in [1.165, 1.54) is 29.8 Å². The number of thioether (sulfide) groups is 1. The van der Waals surface area contributed by atoms with Gasteiger partial charge in [-0.25, -0.2) is 9.78 Å². The summed E-state index contributed by atoms with van der Waals surface area (Å²) in [5, 5.41) is 8.33. The van der Waals surface area contributed by atoms with Crippen molar-refractivity contribution < 1.29 is 24.2 Å². The van der Waals surface area contributed by atoms with Crippen LogP contribution in [-0.2, 0) is 19.1 Å². The van der Waals surface area contributed by atoms with Crippen LogP contribution in [-0.4, -0.2) is 55.2 Å². The number of H-pyrrole nitrogens is 1. The van der Waals surface area contributed by atoms with Crippen LogP contribution >= 0.6 is 11.8 Å². The number of nitrogens with one attached hydrogen (secondary N) is 1. The molecule has 2 aliphatic heterocycles. The van der Waals surface area contributed by atoms with Gasteiger partial charge in [0.1, 0.15) is 29.4 Å². The van der Waals surface area contributed by atoms with Crippen LogP contribution in [0.2, 0.25) is 0 Å². The molecule has 0 aliphatic carbocycles. The van der Waals surface area contributed by atoms with Crippen molar-refractivity contribution in [2.75, 3.05) is 6.61 Å². The molecule has 3 atom stereocenters. The van der Waals surface area contributed by atoms with Crippen LogP contribution in [0.15, 0.2) is 23.7 Å². The molecular weight excluding hydrogens is 324 g/mol. The Morgan fingerprint density at radius 2 is 2.30 bits per heavy atom. The van der Waals surface area contributed by atoms with Crippen LogP contribution in [0.1, 0.15) is 18.7 Å². The van der Waals surface area contributed by atoms with Gasteiger partial charge in [0.15, 0.2) is 0 Å². The summed E-state index contributed by atoms with van der Waals surface area (Å²) in [6.07, 6.45) is 3.12. The summed E-state index contributed by atoms with van der Waals surface area (Å²) in [6, 6.07) is 0. The highest BCUT2D eigenvalue weighted by Gasteiger charge is 2.56. The topological polar surface area (TPSA) is 139 Å². The Morgan fingerprint density at radius 3 is 2.87 bits per heavy atom. The molecule has 0 bridgehead atoms. The number of hydrogen-bond donors (Lipinski definition) is 3. The number of imidazole rings is 1. The molecule has 1 aromatic heterocycles. The number of hydrogen-bond acceptors (Lipinski definition) is 7. The van der Waals surface area contributed by atoms with E-state index in [4.69, 9.17) is 10.5 Å². The number of carbonyl (C=O) groups excluding carboxylic acids is 2. The molecule has 3 heterocycles. The van der Waals surface area contributed by atoms with Gasteiger partial charge in [0, 0.05) is 24.9 Å². The number of fused-ring (bicyclic) bond motifs is 1. The van der Waals surface area contributed by atoms with Crippen LogP contribution in [0.4, 0.5) is 0 Å².